The highest BCUT2D eigenvalue weighted by molar-refractivity contribution is 5.68. The minimum atomic E-state index is -0.432. The number of amides is 1. The fourth-order valence-electron chi connectivity index (χ4n) is 2.89. The summed E-state index contributed by atoms with van der Waals surface area (Å²) in [6.07, 6.45) is 4.97. The molecule has 0 saturated carbocycles. The number of nitrogens with one attached hydrogen (secondary N) is 1. The summed E-state index contributed by atoms with van der Waals surface area (Å²) >= 11 is 0. The van der Waals surface area contributed by atoms with E-state index in [1.807, 2.05) is 44.0 Å². The lowest BCUT2D eigenvalue weighted by atomic mass is 9.95. The van der Waals surface area contributed by atoms with Crippen LogP contribution in [-0.4, -0.2) is 41.3 Å². The van der Waals surface area contributed by atoms with Crippen LogP contribution in [0.5, 0.6) is 0 Å². The number of H-pyrrole nitrogens is 1. The number of aromatic amines is 1. The maximum atomic E-state index is 12.2. The molecule has 1 aromatic heterocycles. The molecule has 0 unspecified atom stereocenters. The van der Waals surface area contributed by atoms with E-state index in [-0.39, 0.29) is 12.2 Å². The third kappa shape index (κ3) is 5.90. The van der Waals surface area contributed by atoms with Gasteiger partial charge in [0.1, 0.15) is 5.60 Å². The van der Waals surface area contributed by atoms with Gasteiger partial charge in [-0.05, 0) is 65.0 Å². The van der Waals surface area contributed by atoms with E-state index in [4.69, 9.17) is 9.47 Å². The number of likely N-dealkylation sites (tertiary alicyclic amines) is 1. The minimum Gasteiger partial charge on any atom is -0.444 e. The molecule has 0 bridgehead atoms. The summed E-state index contributed by atoms with van der Waals surface area (Å²) in [6, 6.07) is 4.02. The van der Waals surface area contributed by atoms with E-state index in [1.165, 1.54) is 0 Å². The normalized spacial score (nSPS) is 20.3. The van der Waals surface area contributed by atoms with Gasteiger partial charge < -0.3 is 19.4 Å². The Balaban J connectivity index is 1.72. The van der Waals surface area contributed by atoms with Crippen molar-refractivity contribution in [2.75, 3.05) is 19.7 Å². The van der Waals surface area contributed by atoms with Crippen molar-refractivity contribution in [3.05, 3.63) is 24.0 Å². The molecule has 0 radical (unpaired) electrons. The van der Waals surface area contributed by atoms with Crippen LogP contribution in [-0.2, 0) is 9.47 Å². The summed E-state index contributed by atoms with van der Waals surface area (Å²) in [5, 5.41) is 0. The molecule has 1 aromatic rings. The fraction of sp³-hybridized carbons (Fsp3) is 0.722. The van der Waals surface area contributed by atoms with Crippen molar-refractivity contribution in [2.45, 2.75) is 58.7 Å². The maximum Gasteiger partial charge on any atom is 0.410 e. The molecule has 23 heavy (non-hydrogen) atoms. The van der Waals surface area contributed by atoms with Crippen molar-refractivity contribution in [2.24, 2.45) is 5.92 Å². The van der Waals surface area contributed by atoms with Crippen molar-refractivity contribution in [3.8, 4) is 0 Å². The SMILES string of the molecule is C[C@@H](OCC[C@@H]1CCCN(C(=O)OC(C)(C)C)C1)c1ccc[nH]1. The number of ether oxygens (including phenoxy) is 2. The average molecular weight is 322 g/mol. The van der Waals surface area contributed by atoms with Crippen LogP contribution in [0.4, 0.5) is 4.79 Å². The Hall–Kier alpha value is -1.49. The quantitative estimate of drug-likeness (QED) is 0.887. The summed E-state index contributed by atoms with van der Waals surface area (Å²) in [7, 11) is 0. The first-order valence-corrected chi connectivity index (χ1v) is 8.58. The standard InChI is InChI=1S/C18H30N2O3/c1-14(16-8-5-10-19-16)22-12-9-15-7-6-11-20(13-15)17(21)23-18(2,3)4/h5,8,10,14-15,19H,6-7,9,11-13H2,1-4H3/t14-,15+/m1/s1. The van der Waals surface area contributed by atoms with Crippen molar-refractivity contribution in [3.63, 3.8) is 0 Å². The van der Waals surface area contributed by atoms with Crippen LogP contribution < -0.4 is 0 Å². The molecular formula is C18H30N2O3. The number of carbonyl (C=O) groups is 1. The van der Waals surface area contributed by atoms with Crippen LogP contribution in [0.2, 0.25) is 0 Å². The number of hydrogen-bond donors (Lipinski definition) is 1. The maximum absolute atomic E-state index is 12.2. The van der Waals surface area contributed by atoms with Crippen LogP contribution in [0.25, 0.3) is 0 Å². The zero-order valence-electron chi connectivity index (χ0n) is 14.8. The van der Waals surface area contributed by atoms with E-state index < -0.39 is 5.60 Å². The molecule has 2 rings (SSSR count). The summed E-state index contributed by atoms with van der Waals surface area (Å²) < 4.78 is 11.4. The van der Waals surface area contributed by atoms with Gasteiger partial charge in [0.2, 0.25) is 0 Å². The van der Waals surface area contributed by atoms with Gasteiger partial charge in [-0.15, -0.1) is 0 Å². The van der Waals surface area contributed by atoms with Gasteiger partial charge in [0, 0.05) is 31.6 Å². The highest BCUT2D eigenvalue weighted by atomic mass is 16.6. The van der Waals surface area contributed by atoms with Gasteiger partial charge in [0.25, 0.3) is 0 Å². The lowest BCUT2D eigenvalue weighted by Gasteiger charge is -2.34. The van der Waals surface area contributed by atoms with E-state index >= 15 is 0 Å². The van der Waals surface area contributed by atoms with E-state index in [2.05, 4.69) is 11.9 Å². The predicted octanol–water partition coefficient (Wildman–Crippen LogP) is 4.13. The van der Waals surface area contributed by atoms with Gasteiger partial charge in [0.05, 0.1) is 6.10 Å². The van der Waals surface area contributed by atoms with Gasteiger partial charge in [-0.3, -0.25) is 0 Å². The van der Waals surface area contributed by atoms with Crippen molar-refractivity contribution < 1.29 is 14.3 Å². The first-order valence-electron chi connectivity index (χ1n) is 8.58. The second kappa shape index (κ2) is 7.86. The van der Waals surface area contributed by atoms with E-state index in [0.717, 1.165) is 38.0 Å². The third-order valence-electron chi connectivity index (χ3n) is 4.12. The molecule has 130 valence electrons. The number of hydrogen-bond acceptors (Lipinski definition) is 3. The number of piperidine rings is 1. The second-order valence-corrected chi connectivity index (χ2v) is 7.36. The van der Waals surface area contributed by atoms with Crippen LogP contribution >= 0.6 is 0 Å². The molecule has 1 N–H and O–H groups in total. The van der Waals surface area contributed by atoms with Gasteiger partial charge in [-0.2, -0.15) is 0 Å². The Morgan fingerprint density at radius 1 is 1.48 bits per heavy atom. The van der Waals surface area contributed by atoms with Crippen molar-refractivity contribution in [1.82, 2.24) is 9.88 Å². The van der Waals surface area contributed by atoms with Crippen molar-refractivity contribution in [1.29, 1.82) is 0 Å². The Morgan fingerprint density at radius 3 is 2.91 bits per heavy atom. The molecule has 2 heterocycles. The first kappa shape index (κ1) is 17.9. The summed E-state index contributed by atoms with van der Waals surface area (Å²) in [4.78, 5) is 17.2. The third-order valence-corrected chi connectivity index (χ3v) is 4.12. The zero-order valence-corrected chi connectivity index (χ0v) is 14.8. The molecule has 1 aliphatic heterocycles. The molecule has 5 heteroatoms. The molecular weight excluding hydrogens is 292 g/mol. The molecule has 0 aliphatic carbocycles. The summed E-state index contributed by atoms with van der Waals surface area (Å²) in [5.74, 6) is 0.493. The second-order valence-electron chi connectivity index (χ2n) is 7.36. The van der Waals surface area contributed by atoms with Crippen LogP contribution in [0, 0.1) is 5.92 Å². The number of aromatic nitrogens is 1. The Labute approximate surface area is 139 Å². The molecule has 1 saturated heterocycles. The van der Waals surface area contributed by atoms with Gasteiger partial charge in [-0.25, -0.2) is 4.79 Å². The fourth-order valence-corrected chi connectivity index (χ4v) is 2.89. The number of nitrogens with zero attached hydrogens (tertiary/aromatic N) is 1. The molecule has 0 spiro atoms. The minimum absolute atomic E-state index is 0.0792. The lowest BCUT2D eigenvalue weighted by molar-refractivity contribution is 0.0104. The van der Waals surface area contributed by atoms with E-state index in [1.54, 1.807) is 0 Å². The monoisotopic (exact) mass is 322 g/mol. The lowest BCUT2D eigenvalue weighted by Crippen LogP contribution is -2.43. The molecule has 5 nitrogen and oxygen atoms in total. The number of rotatable bonds is 5. The summed E-state index contributed by atoms with van der Waals surface area (Å²) in [5.41, 5.74) is 0.669. The number of carbonyl (C=O) groups excluding carboxylic acids is 1. The molecule has 2 atom stereocenters. The van der Waals surface area contributed by atoms with Crippen LogP contribution in [0.15, 0.2) is 18.3 Å². The summed E-state index contributed by atoms with van der Waals surface area (Å²) in [6.45, 7) is 10.1. The van der Waals surface area contributed by atoms with Gasteiger partial charge in [-0.1, -0.05) is 0 Å². The largest absolute Gasteiger partial charge is 0.444 e. The van der Waals surface area contributed by atoms with Gasteiger partial charge >= 0.3 is 6.09 Å². The molecule has 1 fully saturated rings. The zero-order chi connectivity index (χ0) is 16.9. The topological polar surface area (TPSA) is 54.6 Å². The van der Waals surface area contributed by atoms with E-state index in [0.29, 0.717) is 12.5 Å². The van der Waals surface area contributed by atoms with Crippen LogP contribution in [0.1, 0.15) is 58.8 Å². The highest BCUT2D eigenvalue weighted by Crippen LogP contribution is 2.23. The van der Waals surface area contributed by atoms with Crippen LogP contribution in [0.3, 0.4) is 0 Å². The average Bonchev–Trinajstić information content (AvgIpc) is 3.00. The molecule has 1 aliphatic rings. The van der Waals surface area contributed by atoms with E-state index in [9.17, 15) is 4.79 Å². The Bertz CT molecular complexity index is 479. The Kier molecular flexibility index (Phi) is 6.10. The first-order chi connectivity index (χ1) is 10.8. The van der Waals surface area contributed by atoms with Crippen molar-refractivity contribution >= 4 is 6.09 Å². The predicted molar refractivity (Wildman–Crippen MR) is 90.3 cm³/mol. The molecule has 0 aromatic carbocycles. The van der Waals surface area contributed by atoms with Gasteiger partial charge in [0.15, 0.2) is 0 Å². The smallest absolute Gasteiger partial charge is 0.410 e. The highest BCUT2D eigenvalue weighted by Gasteiger charge is 2.27. The molecule has 1 amide bonds. The Morgan fingerprint density at radius 2 is 2.26 bits per heavy atom.